The molecule has 0 saturated carbocycles. The number of hydrogen-bond acceptors (Lipinski definition) is 7. The number of oxime groups is 1. The summed E-state index contributed by atoms with van der Waals surface area (Å²) < 4.78 is 41.0. The minimum Gasteiger partial charge on any atom is -0.495 e. The molecule has 36 heavy (non-hydrogen) atoms. The first-order chi connectivity index (χ1) is 17.4. The summed E-state index contributed by atoms with van der Waals surface area (Å²) in [5, 5.41) is 4.18. The summed E-state index contributed by atoms with van der Waals surface area (Å²) in [6.45, 7) is 2.28. The van der Waals surface area contributed by atoms with Crippen molar-refractivity contribution < 1.29 is 27.9 Å². The van der Waals surface area contributed by atoms with E-state index in [9.17, 15) is 13.6 Å². The Morgan fingerprint density at radius 2 is 2.03 bits per heavy atom. The summed E-state index contributed by atoms with van der Waals surface area (Å²) in [6.07, 6.45) is 6.86. The number of carbonyl (C=O) groups excluding carboxylic acids is 1. The summed E-state index contributed by atoms with van der Waals surface area (Å²) in [5.74, 6) is -1.50. The second-order valence-corrected chi connectivity index (χ2v) is 8.54. The summed E-state index contributed by atoms with van der Waals surface area (Å²) in [5.41, 5.74) is 1.21. The first-order valence-corrected chi connectivity index (χ1v) is 11.3. The van der Waals surface area contributed by atoms with Crippen molar-refractivity contribution >= 4 is 17.9 Å². The van der Waals surface area contributed by atoms with Crippen LogP contribution in [0.2, 0.25) is 0 Å². The molecule has 2 aliphatic heterocycles. The van der Waals surface area contributed by atoms with Crippen LogP contribution in [0.1, 0.15) is 29.7 Å². The van der Waals surface area contributed by atoms with E-state index in [2.05, 4.69) is 10.1 Å². The van der Waals surface area contributed by atoms with E-state index in [0.717, 1.165) is 28.6 Å². The predicted molar refractivity (Wildman–Crippen MR) is 127 cm³/mol. The van der Waals surface area contributed by atoms with E-state index in [1.54, 1.807) is 18.3 Å². The van der Waals surface area contributed by atoms with Crippen molar-refractivity contribution in [2.75, 3.05) is 20.8 Å². The molecule has 0 radical (unpaired) electrons. The lowest BCUT2D eigenvalue weighted by Gasteiger charge is -2.37. The highest BCUT2D eigenvalue weighted by Crippen LogP contribution is 2.42. The molecule has 1 saturated heterocycles. The molecule has 8 nitrogen and oxygen atoms in total. The van der Waals surface area contributed by atoms with Crippen LogP contribution in [0.15, 0.2) is 59.7 Å². The summed E-state index contributed by atoms with van der Waals surface area (Å²) in [6, 6.07) is 8.70. The minimum absolute atomic E-state index is 0.169. The summed E-state index contributed by atoms with van der Waals surface area (Å²) in [7, 11) is 2.78. The Kier molecular flexibility index (Phi) is 5.95. The number of fused-ring (bicyclic) bond motifs is 1. The molecular weight excluding hydrogens is 470 g/mol. The Morgan fingerprint density at radius 3 is 2.72 bits per heavy atom. The molecule has 1 unspecified atom stereocenters. The molecule has 0 aliphatic carbocycles. The lowest BCUT2D eigenvalue weighted by molar-refractivity contribution is -0.187. The number of benzene rings is 2. The van der Waals surface area contributed by atoms with Gasteiger partial charge >= 0.3 is 11.7 Å². The second kappa shape index (κ2) is 9.10. The van der Waals surface area contributed by atoms with Crippen molar-refractivity contribution in [1.29, 1.82) is 0 Å². The first kappa shape index (κ1) is 23.5. The topological polar surface area (TPSA) is 78.2 Å². The average molecular weight is 494 g/mol. The van der Waals surface area contributed by atoms with Crippen LogP contribution in [-0.4, -0.2) is 47.0 Å². The van der Waals surface area contributed by atoms with Gasteiger partial charge in [0.15, 0.2) is 5.84 Å². The van der Waals surface area contributed by atoms with E-state index in [-0.39, 0.29) is 5.56 Å². The van der Waals surface area contributed by atoms with Gasteiger partial charge in [-0.2, -0.15) is 0 Å². The van der Waals surface area contributed by atoms with E-state index in [4.69, 9.17) is 14.3 Å². The fourth-order valence-corrected chi connectivity index (χ4v) is 4.63. The van der Waals surface area contributed by atoms with Gasteiger partial charge in [-0.3, -0.25) is 0 Å². The Bertz CT molecular complexity index is 1400. The van der Waals surface area contributed by atoms with Crippen molar-refractivity contribution in [3.05, 3.63) is 83.0 Å². The van der Waals surface area contributed by atoms with Gasteiger partial charge in [0.05, 0.1) is 37.5 Å². The SMILES string of the molecule is COC(=O)C1(c2ccc(F)cc2F)ON=C2/C(=C/c3ccc(-n4cnc(C)c4)c(OC)c3)CCCN21. The van der Waals surface area contributed by atoms with Gasteiger partial charge in [-0.05, 0) is 61.2 Å². The molecule has 186 valence electrons. The molecule has 3 heterocycles. The van der Waals surface area contributed by atoms with Crippen molar-refractivity contribution in [1.82, 2.24) is 14.5 Å². The van der Waals surface area contributed by atoms with Crippen LogP contribution in [-0.2, 0) is 20.1 Å². The van der Waals surface area contributed by atoms with Crippen molar-refractivity contribution in [2.24, 2.45) is 5.16 Å². The van der Waals surface area contributed by atoms with Crippen LogP contribution < -0.4 is 4.74 Å². The number of piperidine rings is 1. The highest BCUT2D eigenvalue weighted by Gasteiger charge is 2.58. The third-order valence-corrected chi connectivity index (χ3v) is 6.31. The van der Waals surface area contributed by atoms with Crippen LogP contribution in [0, 0.1) is 18.6 Å². The van der Waals surface area contributed by atoms with Gasteiger partial charge in [-0.25, -0.2) is 18.6 Å². The Morgan fingerprint density at radius 1 is 1.19 bits per heavy atom. The number of nitrogens with zero attached hydrogens (tertiary/aromatic N) is 4. The molecule has 10 heteroatoms. The molecule has 3 aromatic rings. The normalized spacial score (nSPS) is 20.1. The summed E-state index contributed by atoms with van der Waals surface area (Å²) in [4.78, 5) is 24.5. The molecule has 0 N–H and O–H groups in total. The van der Waals surface area contributed by atoms with Gasteiger partial charge in [0.1, 0.15) is 17.4 Å². The number of aromatic nitrogens is 2. The van der Waals surface area contributed by atoms with E-state index in [0.29, 0.717) is 37.0 Å². The molecule has 2 aliphatic rings. The third kappa shape index (κ3) is 3.78. The molecule has 0 spiro atoms. The fourth-order valence-electron chi connectivity index (χ4n) is 4.63. The number of imidazole rings is 1. The monoisotopic (exact) mass is 494 g/mol. The standard InChI is InChI=1S/C26H24F2N4O4/c1-16-14-31(15-29-16)22-9-6-17(12-23(22)34-2)11-18-5-4-10-32-24(18)30-36-26(32,25(33)35-3)20-8-7-19(27)13-21(20)28/h6-9,11-15H,4-5,10H2,1-3H3/b18-11+. The molecule has 1 fully saturated rings. The highest BCUT2D eigenvalue weighted by atomic mass is 19.1. The Hall–Kier alpha value is -4.21. The number of rotatable bonds is 5. The zero-order valence-electron chi connectivity index (χ0n) is 20.0. The first-order valence-electron chi connectivity index (χ1n) is 11.3. The van der Waals surface area contributed by atoms with Crippen LogP contribution in [0.3, 0.4) is 0 Å². The number of carbonyl (C=O) groups is 1. The maximum absolute atomic E-state index is 14.9. The van der Waals surface area contributed by atoms with Gasteiger partial charge < -0.3 is 23.8 Å². The smallest absolute Gasteiger partial charge is 0.380 e. The number of ether oxygens (including phenoxy) is 2. The molecule has 1 atom stereocenters. The molecule has 0 amide bonds. The average Bonchev–Trinajstić information content (AvgIpc) is 3.48. The number of esters is 1. The van der Waals surface area contributed by atoms with E-state index >= 15 is 0 Å². The largest absolute Gasteiger partial charge is 0.495 e. The number of amidine groups is 1. The molecule has 0 bridgehead atoms. The summed E-state index contributed by atoms with van der Waals surface area (Å²) >= 11 is 0. The number of aryl methyl sites for hydroxylation is 1. The second-order valence-electron chi connectivity index (χ2n) is 8.54. The van der Waals surface area contributed by atoms with Crippen LogP contribution >= 0.6 is 0 Å². The Labute approximate surface area is 206 Å². The molecule has 2 aromatic carbocycles. The zero-order chi connectivity index (χ0) is 25.4. The number of methoxy groups -OCH3 is 2. The number of hydrogen-bond donors (Lipinski definition) is 0. The highest BCUT2D eigenvalue weighted by molar-refractivity contribution is 6.06. The van der Waals surface area contributed by atoms with Crippen LogP contribution in [0.5, 0.6) is 5.75 Å². The fraction of sp³-hybridized carbons (Fsp3) is 0.269. The van der Waals surface area contributed by atoms with Crippen LogP contribution in [0.4, 0.5) is 8.78 Å². The van der Waals surface area contributed by atoms with Gasteiger partial charge in [0.2, 0.25) is 0 Å². The minimum atomic E-state index is -1.98. The Balaban J connectivity index is 1.52. The maximum atomic E-state index is 14.9. The van der Waals surface area contributed by atoms with E-state index < -0.39 is 23.3 Å². The lowest BCUT2D eigenvalue weighted by atomic mass is 9.94. The van der Waals surface area contributed by atoms with E-state index in [1.807, 2.05) is 42.0 Å². The quantitative estimate of drug-likeness (QED) is 0.492. The molecule has 5 rings (SSSR count). The van der Waals surface area contributed by atoms with Gasteiger partial charge in [-0.1, -0.05) is 11.2 Å². The van der Waals surface area contributed by atoms with Gasteiger partial charge in [0.25, 0.3) is 0 Å². The van der Waals surface area contributed by atoms with Gasteiger partial charge in [-0.15, -0.1) is 0 Å². The lowest BCUT2D eigenvalue weighted by Crippen LogP contribution is -2.54. The van der Waals surface area contributed by atoms with E-state index in [1.165, 1.54) is 13.2 Å². The van der Waals surface area contributed by atoms with Gasteiger partial charge in [0, 0.05) is 18.8 Å². The van der Waals surface area contributed by atoms with Crippen molar-refractivity contribution in [2.45, 2.75) is 25.5 Å². The van der Waals surface area contributed by atoms with Crippen LogP contribution in [0.25, 0.3) is 11.8 Å². The molecule has 1 aromatic heterocycles. The van der Waals surface area contributed by atoms with Crippen molar-refractivity contribution in [3.63, 3.8) is 0 Å². The predicted octanol–water partition coefficient (Wildman–Crippen LogP) is 4.32. The zero-order valence-corrected chi connectivity index (χ0v) is 20.0. The maximum Gasteiger partial charge on any atom is 0.380 e. The molecular formula is C26H24F2N4O4. The number of halogens is 2. The third-order valence-electron chi connectivity index (χ3n) is 6.31. The van der Waals surface area contributed by atoms with Crippen molar-refractivity contribution in [3.8, 4) is 11.4 Å².